The van der Waals surface area contributed by atoms with Gasteiger partial charge in [0.1, 0.15) is 5.78 Å². The molecule has 0 spiro atoms. The Morgan fingerprint density at radius 2 is 2.12 bits per heavy atom. The molecule has 0 aromatic carbocycles. The van der Waals surface area contributed by atoms with E-state index in [0.29, 0.717) is 12.3 Å². The Balaban J connectivity index is 2.79. The minimum absolute atomic E-state index is 0.0524. The van der Waals surface area contributed by atoms with Crippen molar-refractivity contribution in [2.24, 2.45) is 16.7 Å². The normalized spacial score (nSPS) is 30.1. The van der Waals surface area contributed by atoms with Crippen LogP contribution in [0.15, 0.2) is 25.3 Å². The number of allylic oxidation sites excluding steroid dienone is 2. The Bertz CT molecular complexity index is 301. The Hall–Kier alpha value is -0.850. The minimum atomic E-state index is 0.0524. The molecule has 1 aliphatic rings. The lowest BCUT2D eigenvalue weighted by molar-refractivity contribution is -0.118. The van der Waals surface area contributed by atoms with Crippen LogP contribution in [0.1, 0.15) is 46.5 Å². The lowest BCUT2D eigenvalue weighted by atomic mass is 9.74. The molecule has 0 amide bonds. The number of carbonyl (C=O) groups is 1. The molecular formula is C15H24O. The monoisotopic (exact) mass is 220 g/mol. The lowest BCUT2D eigenvalue weighted by Gasteiger charge is -2.30. The van der Waals surface area contributed by atoms with Gasteiger partial charge in [-0.3, -0.25) is 4.79 Å². The maximum absolute atomic E-state index is 11.3. The molecule has 0 aromatic rings. The van der Waals surface area contributed by atoms with Crippen LogP contribution < -0.4 is 0 Å². The summed E-state index contributed by atoms with van der Waals surface area (Å²) in [4.78, 5) is 11.3. The highest BCUT2D eigenvalue weighted by Crippen LogP contribution is 2.51. The number of ketones is 1. The third-order valence-electron chi connectivity index (χ3n) is 4.26. The summed E-state index contributed by atoms with van der Waals surface area (Å²) in [7, 11) is 0. The van der Waals surface area contributed by atoms with Crippen molar-refractivity contribution in [2.45, 2.75) is 46.5 Å². The van der Waals surface area contributed by atoms with E-state index >= 15 is 0 Å². The van der Waals surface area contributed by atoms with E-state index in [1.54, 1.807) is 6.92 Å². The first-order chi connectivity index (χ1) is 7.35. The maximum Gasteiger partial charge on any atom is 0.130 e. The largest absolute Gasteiger partial charge is 0.300 e. The van der Waals surface area contributed by atoms with E-state index in [1.165, 1.54) is 6.42 Å². The first-order valence-corrected chi connectivity index (χ1v) is 6.12. The van der Waals surface area contributed by atoms with Crippen molar-refractivity contribution in [1.29, 1.82) is 0 Å². The molecule has 16 heavy (non-hydrogen) atoms. The molecule has 0 aliphatic heterocycles. The molecule has 0 saturated heterocycles. The summed E-state index contributed by atoms with van der Waals surface area (Å²) in [6.45, 7) is 14.0. The van der Waals surface area contributed by atoms with Crippen LogP contribution in [0.25, 0.3) is 0 Å². The minimum Gasteiger partial charge on any atom is -0.300 e. The number of rotatable bonds is 5. The van der Waals surface area contributed by atoms with Gasteiger partial charge in [-0.05, 0) is 42.9 Å². The molecule has 1 fully saturated rings. The number of hydrogen-bond donors (Lipinski definition) is 0. The van der Waals surface area contributed by atoms with Gasteiger partial charge in [-0.2, -0.15) is 0 Å². The average Bonchev–Trinajstić information content (AvgIpc) is 2.62. The molecule has 0 N–H and O–H groups in total. The van der Waals surface area contributed by atoms with E-state index in [2.05, 4.69) is 27.0 Å². The summed E-state index contributed by atoms with van der Waals surface area (Å²) in [6.07, 6.45) is 8.06. The zero-order valence-corrected chi connectivity index (χ0v) is 10.9. The zero-order chi connectivity index (χ0) is 12.4. The molecule has 0 radical (unpaired) electrons. The van der Waals surface area contributed by atoms with Gasteiger partial charge < -0.3 is 0 Å². The van der Waals surface area contributed by atoms with Gasteiger partial charge in [0, 0.05) is 6.42 Å². The topological polar surface area (TPSA) is 17.1 Å². The zero-order valence-electron chi connectivity index (χ0n) is 10.9. The van der Waals surface area contributed by atoms with E-state index in [1.807, 2.05) is 12.2 Å². The van der Waals surface area contributed by atoms with E-state index in [-0.39, 0.29) is 16.6 Å². The van der Waals surface area contributed by atoms with Crippen LogP contribution >= 0.6 is 0 Å². The molecule has 1 saturated carbocycles. The maximum atomic E-state index is 11.3. The highest BCUT2D eigenvalue weighted by Gasteiger charge is 2.42. The van der Waals surface area contributed by atoms with Gasteiger partial charge in [0.05, 0.1) is 0 Å². The van der Waals surface area contributed by atoms with Crippen molar-refractivity contribution in [3.63, 3.8) is 0 Å². The molecule has 0 aromatic heterocycles. The molecular weight excluding hydrogens is 196 g/mol. The third kappa shape index (κ3) is 2.63. The van der Waals surface area contributed by atoms with Crippen LogP contribution in [0.2, 0.25) is 0 Å². The smallest absolute Gasteiger partial charge is 0.130 e. The molecule has 1 heteroatoms. The summed E-state index contributed by atoms with van der Waals surface area (Å²) >= 11 is 0. The first-order valence-electron chi connectivity index (χ1n) is 6.12. The van der Waals surface area contributed by atoms with Gasteiger partial charge >= 0.3 is 0 Å². The van der Waals surface area contributed by atoms with Crippen LogP contribution in [0.4, 0.5) is 0 Å². The van der Waals surface area contributed by atoms with Gasteiger partial charge in [-0.15, -0.1) is 13.2 Å². The quantitative estimate of drug-likeness (QED) is 0.636. The molecule has 90 valence electrons. The van der Waals surface area contributed by atoms with Crippen LogP contribution in [-0.4, -0.2) is 5.78 Å². The summed E-state index contributed by atoms with van der Waals surface area (Å²) in [6, 6.07) is 0. The van der Waals surface area contributed by atoms with E-state index in [4.69, 9.17) is 0 Å². The number of Topliss-reactive ketones (excluding diaryl/α,β-unsaturated/α-hetero) is 1. The Morgan fingerprint density at radius 1 is 1.50 bits per heavy atom. The molecule has 0 heterocycles. The fourth-order valence-electron chi connectivity index (χ4n) is 2.87. The fourth-order valence-corrected chi connectivity index (χ4v) is 2.87. The van der Waals surface area contributed by atoms with E-state index in [0.717, 1.165) is 12.8 Å². The summed E-state index contributed by atoms with van der Waals surface area (Å²) in [5.74, 6) is 0.902. The first kappa shape index (κ1) is 13.2. The summed E-state index contributed by atoms with van der Waals surface area (Å²) in [5.41, 5.74) is 0.221. The standard InChI is InChI=1S/C15H24O/c1-6-14(4,5)13-8-9-15(7-2,11-13)10-12(3)16/h6-7,13H,1-2,8-11H2,3-5H3/t13-,15-/m1/s1. The van der Waals surface area contributed by atoms with Gasteiger partial charge in [0.15, 0.2) is 0 Å². The molecule has 0 unspecified atom stereocenters. The van der Waals surface area contributed by atoms with Crippen molar-refractivity contribution < 1.29 is 4.79 Å². The predicted octanol–water partition coefficient (Wildman–Crippen LogP) is 4.15. The van der Waals surface area contributed by atoms with Crippen molar-refractivity contribution in [1.82, 2.24) is 0 Å². The highest BCUT2D eigenvalue weighted by atomic mass is 16.1. The van der Waals surface area contributed by atoms with Crippen molar-refractivity contribution >= 4 is 5.78 Å². The van der Waals surface area contributed by atoms with Crippen LogP contribution in [0.3, 0.4) is 0 Å². The molecule has 0 bridgehead atoms. The van der Waals surface area contributed by atoms with Gasteiger partial charge in [-0.25, -0.2) is 0 Å². The second-order valence-corrected chi connectivity index (χ2v) is 5.91. The SMILES string of the molecule is C=CC(C)(C)[C@@H]1CC[C@](C=C)(CC(C)=O)C1. The number of hydrogen-bond acceptors (Lipinski definition) is 1. The van der Waals surface area contributed by atoms with Crippen molar-refractivity contribution in [3.05, 3.63) is 25.3 Å². The Labute approximate surface area is 99.6 Å². The molecule has 1 rings (SSSR count). The summed E-state index contributed by atoms with van der Waals surface area (Å²) in [5, 5.41) is 0. The Kier molecular flexibility index (Phi) is 3.77. The van der Waals surface area contributed by atoms with E-state index < -0.39 is 0 Å². The fraction of sp³-hybridized carbons (Fsp3) is 0.667. The van der Waals surface area contributed by atoms with Gasteiger partial charge in [0.2, 0.25) is 0 Å². The van der Waals surface area contributed by atoms with Crippen LogP contribution in [0, 0.1) is 16.7 Å². The van der Waals surface area contributed by atoms with E-state index in [9.17, 15) is 4.79 Å². The predicted molar refractivity (Wildman–Crippen MR) is 69.2 cm³/mol. The molecule has 1 nitrogen and oxygen atoms in total. The van der Waals surface area contributed by atoms with Gasteiger partial charge in [-0.1, -0.05) is 26.0 Å². The second-order valence-electron chi connectivity index (χ2n) is 5.91. The lowest BCUT2D eigenvalue weighted by Crippen LogP contribution is -2.23. The van der Waals surface area contributed by atoms with Gasteiger partial charge in [0.25, 0.3) is 0 Å². The van der Waals surface area contributed by atoms with Crippen molar-refractivity contribution in [3.8, 4) is 0 Å². The molecule has 2 atom stereocenters. The number of carbonyl (C=O) groups excluding carboxylic acids is 1. The van der Waals surface area contributed by atoms with Crippen molar-refractivity contribution in [2.75, 3.05) is 0 Å². The highest BCUT2D eigenvalue weighted by molar-refractivity contribution is 5.76. The van der Waals surface area contributed by atoms with Crippen LogP contribution in [-0.2, 0) is 4.79 Å². The Morgan fingerprint density at radius 3 is 2.56 bits per heavy atom. The summed E-state index contributed by atoms with van der Waals surface area (Å²) < 4.78 is 0. The average molecular weight is 220 g/mol. The van der Waals surface area contributed by atoms with Crippen LogP contribution in [0.5, 0.6) is 0 Å². The third-order valence-corrected chi connectivity index (χ3v) is 4.26. The second kappa shape index (κ2) is 4.57. The molecule has 1 aliphatic carbocycles.